The Bertz CT molecular complexity index is 1070. The lowest BCUT2D eigenvalue weighted by atomic mass is 10.2. The number of hydrogen-bond donors (Lipinski definition) is 1. The van der Waals surface area contributed by atoms with Gasteiger partial charge in [-0.3, -0.25) is 4.79 Å². The summed E-state index contributed by atoms with van der Waals surface area (Å²) in [5.41, 5.74) is 3.72. The number of para-hydroxylation sites is 2. The molecule has 0 spiro atoms. The predicted molar refractivity (Wildman–Crippen MR) is 100 cm³/mol. The van der Waals surface area contributed by atoms with Crippen molar-refractivity contribution in [2.45, 2.75) is 18.9 Å². The molecule has 0 bridgehead atoms. The second kappa shape index (κ2) is 6.06. The Morgan fingerprint density at radius 3 is 2.96 bits per heavy atom. The molecule has 130 valence electrons. The minimum absolute atomic E-state index is 0.0785. The molecule has 3 heterocycles. The second-order valence-corrected chi connectivity index (χ2v) is 6.77. The third-order valence-electron chi connectivity index (χ3n) is 4.63. The summed E-state index contributed by atoms with van der Waals surface area (Å²) < 4.78 is 14.3. The molecule has 0 saturated carbocycles. The second-order valence-electron chi connectivity index (χ2n) is 6.24. The molecule has 1 unspecified atom stereocenters. The van der Waals surface area contributed by atoms with Crippen LogP contribution in [-0.4, -0.2) is 32.2 Å². The Labute approximate surface area is 153 Å². The summed E-state index contributed by atoms with van der Waals surface area (Å²) in [6.07, 6.45) is 1.68. The Morgan fingerprint density at radius 2 is 2.04 bits per heavy atom. The van der Waals surface area contributed by atoms with Crippen molar-refractivity contribution < 1.29 is 9.21 Å². The van der Waals surface area contributed by atoms with Gasteiger partial charge < -0.3 is 14.6 Å². The van der Waals surface area contributed by atoms with E-state index in [9.17, 15) is 4.79 Å². The van der Waals surface area contributed by atoms with Crippen molar-refractivity contribution in [2.75, 3.05) is 16.8 Å². The van der Waals surface area contributed by atoms with Gasteiger partial charge in [-0.05, 0) is 37.1 Å². The molecule has 2 aromatic heterocycles. The van der Waals surface area contributed by atoms with Gasteiger partial charge in [0, 0.05) is 6.54 Å². The highest BCUT2D eigenvalue weighted by molar-refractivity contribution is 7.00. The summed E-state index contributed by atoms with van der Waals surface area (Å²) in [4.78, 5) is 19.4. The van der Waals surface area contributed by atoms with E-state index < -0.39 is 0 Å². The molecule has 1 fully saturated rings. The number of hydrogen-bond acceptors (Lipinski definition) is 7. The van der Waals surface area contributed by atoms with E-state index in [1.165, 1.54) is 0 Å². The third-order valence-corrected chi connectivity index (χ3v) is 5.17. The average Bonchev–Trinajstić information content (AvgIpc) is 3.39. The van der Waals surface area contributed by atoms with Crippen LogP contribution in [0.4, 0.5) is 11.7 Å². The maximum atomic E-state index is 12.9. The van der Waals surface area contributed by atoms with Gasteiger partial charge in [-0.1, -0.05) is 18.2 Å². The summed E-state index contributed by atoms with van der Waals surface area (Å²) >= 11 is 1.14. The molecule has 7 nitrogen and oxygen atoms in total. The molecule has 4 aromatic rings. The van der Waals surface area contributed by atoms with Crippen molar-refractivity contribution in [3.8, 4) is 0 Å². The van der Waals surface area contributed by atoms with Crippen molar-refractivity contribution in [3.05, 3.63) is 42.5 Å². The zero-order valence-electron chi connectivity index (χ0n) is 13.8. The fraction of sp³-hybridized carbons (Fsp3) is 0.222. The van der Waals surface area contributed by atoms with Crippen molar-refractivity contribution in [2.24, 2.45) is 0 Å². The first-order valence-electron chi connectivity index (χ1n) is 8.44. The fourth-order valence-corrected chi connectivity index (χ4v) is 3.92. The van der Waals surface area contributed by atoms with E-state index in [0.717, 1.165) is 53.2 Å². The van der Waals surface area contributed by atoms with Gasteiger partial charge in [0.1, 0.15) is 22.6 Å². The van der Waals surface area contributed by atoms with Crippen molar-refractivity contribution in [3.63, 3.8) is 0 Å². The highest BCUT2D eigenvalue weighted by Gasteiger charge is 2.34. The van der Waals surface area contributed by atoms with Crippen LogP contribution in [0.25, 0.3) is 22.1 Å². The molecule has 1 amide bonds. The lowest BCUT2D eigenvalue weighted by molar-refractivity contribution is -0.117. The SMILES string of the molecule is O=C(Nc1cccc2nsnc12)C1CCCN1c1nc2ccccc2o1. The molecule has 1 N–H and O–H groups in total. The van der Waals surface area contributed by atoms with Crippen LogP contribution in [0, 0.1) is 0 Å². The zero-order valence-corrected chi connectivity index (χ0v) is 14.6. The van der Waals surface area contributed by atoms with E-state index in [1.54, 1.807) is 0 Å². The number of rotatable bonds is 3. The number of benzene rings is 2. The van der Waals surface area contributed by atoms with Crippen molar-refractivity contribution >= 4 is 51.5 Å². The van der Waals surface area contributed by atoms with E-state index in [1.807, 2.05) is 47.4 Å². The summed E-state index contributed by atoms with van der Waals surface area (Å²) in [6, 6.07) is 13.4. The molecule has 5 rings (SSSR count). The highest BCUT2D eigenvalue weighted by Crippen LogP contribution is 2.29. The van der Waals surface area contributed by atoms with Crippen molar-refractivity contribution in [1.29, 1.82) is 0 Å². The van der Waals surface area contributed by atoms with Gasteiger partial charge in [-0.25, -0.2) is 0 Å². The maximum Gasteiger partial charge on any atom is 0.299 e. The minimum Gasteiger partial charge on any atom is -0.423 e. The van der Waals surface area contributed by atoms with E-state index in [4.69, 9.17) is 4.42 Å². The minimum atomic E-state index is -0.315. The van der Waals surface area contributed by atoms with Gasteiger partial charge in [-0.15, -0.1) is 0 Å². The quantitative estimate of drug-likeness (QED) is 0.599. The third kappa shape index (κ3) is 2.50. The summed E-state index contributed by atoms with van der Waals surface area (Å²) in [6.45, 7) is 0.743. The van der Waals surface area contributed by atoms with Crippen LogP contribution in [0.1, 0.15) is 12.8 Å². The van der Waals surface area contributed by atoms with E-state index in [-0.39, 0.29) is 11.9 Å². The highest BCUT2D eigenvalue weighted by atomic mass is 32.1. The van der Waals surface area contributed by atoms with E-state index >= 15 is 0 Å². The first-order chi connectivity index (χ1) is 12.8. The number of amides is 1. The lowest BCUT2D eigenvalue weighted by Gasteiger charge is -2.22. The number of anilines is 2. The number of nitrogens with zero attached hydrogens (tertiary/aromatic N) is 4. The molecule has 0 radical (unpaired) electrons. The molecule has 1 atom stereocenters. The standard InChI is InChI=1S/C18H15N5O2S/c24-17(19-12-6-3-7-13-16(12)22-26-21-13)14-8-4-10-23(14)18-20-11-5-1-2-9-15(11)25-18/h1-3,5-7,9,14H,4,8,10H2,(H,19,24). The first-order valence-corrected chi connectivity index (χ1v) is 9.17. The van der Waals surface area contributed by atoms with Crippen LogP contribution in [0.2, 0.25) is 0 Å². The van der Waals surface area contributed by atoms with E-state index in [0.29, 0.717) is 11.7 Å². The van der Waals surface area contributed by atoms with Crippen LogP contribution in [0.5, 0.6) is 0 Å². The molecule has 1 aliphatic heterocycles. The number of nitrogens with one attached hydrogen (secondary N) is 1. The largest absolute Gasteiger partial charge is 0.423 e. The number of carbonyl (C=O) groups excluding carboxylic acids is 1. The fourth-order valence-electron chi connectivity index (χ4n) is 3.37. The van der Waals surface area contributed by atoms with Gasteiger partial charge in [0.05, 0.1) is 17.4 Å². The zero-order chi connectivity index (χ0) is 17.5. The molecule has 1 aliphatic rings. The number of oxazole rings is 1. The maximum absolute atomic E-state index is 12.9. The predicted octanol–water partition coefficient (Wildman–Crippen LogP) is 3.44. The summed E-state index contributed by atoms with van der Waals surface area (Å²) in [5.74, 6) is -0.0785. The molecule has 2 aromatic carbocycles. The smallest absolute Gasteiger partial charge is 0.299 e. The first kappa shape index (κ1) is 15.3. The van der Waals surface area contributed by atoms with Gasteiger partial charge >= 0.3 is 0 Å². The van der Waals surface area contributed by atoms with Gasteiger partial charge in [0.25, 0.3) is 6.01 Å². The van der Waals surface area contributed by atoms with Gasteiger partial charge in [-0.2, -0.15) is 13.7 Å². The molecular formula is C18H15N5O2S. The summed E-state index contributed by atoms with van der Waals surface area (Å²) in [7, 11) is 0. The van der Waals surface area contributed by atoms with Gasteiger partial charge in [0.15, 0.2) is 5.58 Å². The number of carbonyl (C=O) groups is 1. The number of aromatic nitrogens is 3. The van der Waals surface area contributed by atoms with Crippen LogP contribution >= 0.6 is 11.7 Å². The van der Waals surface area contributed by atoms with Gasteiger partial charge in [0.2, 0.25) is 5.91 Å². The topological polar surface area (TPSA) is 84.2 Å². The molecular weight excluding hydrogens is 350 g/mol. The normalized spacial score (nSPS) is 17.2. The average molecular weight is 365 g/mol. The van der Waals surface area contributed by atoms with Crippen LogP contribution in [-0.2, 0) is 4.79 Å². The Balaban J connectivity index is 1.43. The monoisotopic (exact) mass is 365 g/mol. The molecule has 26 heavy (non-hydrogen) atoms. The lowest BCUT2D eigenvalue weighted by Crippen LogP contribution is -2.39. The van der Waals surface area contributed by atoms with E-state index in [2.05, 4.69) is 19.0 Å². The Morgan fingerprint density at radius 1 is 1.15 bits per heavy atom. The molecule has 0 aliphatic carbocycles. The van der Waals surface area contributed by atoms with Crippen LogP contribution in [0.3, 0.4) is 0 Å². The van der Waals surface area contributed by atoms with Crippen LogP contribution in [0.15, 0.2) is 46.9 Å². The summed E-state index contributed by atoms with van der Waals surface area (Å²) in [5, 5.41) is 3.00. The number of fused-ring (bicyclic) bond motifs is 2. The molecule has 1 saturated heterocycles. The van der Waals surface area contributed by atoms with Crippen molar-refractivity contribution in [1.82, 2.24) is 13.7 Å². The van der Waals surface area contributed by atoms with Crippen LogP contribution < -0.4 is 10.2 Å². The Kier molecular flexibility index (Phi) is 3.56. The Hall–Kier alpha value is -3.00. The molecule has 8 heteroatoms.